The van der Waals surface area contributed by atoms with E-state index < -0.39 is 5.91 Å². The van der Waals surface area contributed by atoms with Crippen molar-refractivity contribution in [2.45, 2.75) is 12.5 Å². The first kappa shape index (κ1) is 20.2. The van der Waals surface area contributed by atoms with Gasteiger partial charge >= 0.3 is 0 Å². The van der Waals surface area contributed by atoms with E-state index in [9.17, 15) is 9.59 Å². The number of nitrogens with zero attached hydrogens (tertiary/aromatic N) is 1. The Balaban J connectivity index is 1.45. The van der Waals surface area contributed by atoms with Gasteiger partial charge in [-0.2, -0.15) is 0 Å². The van der Waals surface area contributed by atoms with E-state index >= 15 is 0 Å². The van der Waals surface area contributed by atoms with Gasteiger partial charge in [-0.25, -0.2) is 0 Å². The maximum atomic E-state index is 12.8. The minimum absolute atomic E-state index is 0.275. The van der Waals surface area contributed by atoms with Gasteiger partial charge in [0, 0.05) is 18.2 Å². The van der Waals surface area contributed by atoms with Crippen LogP contribution in [0.4, 0.5) is 11.4 Å². The predicted molar refractivity (Wildman–Crippen MR) is 118 cm³/mol. The molecule has 3 aromatic rings. The van der Waals surface area contributed by atoms with Gasteiger partial charge in [-0.3, -0.25) is 9.59 Å². The van der Waals surface area contributed by atoms with Crippen LogP contribution in [0.15, 0.2) is 84.0 Å². The number of para-hydroxylation sites is 1. The molecule has 156 valence electrons. The van der Waals surface area contributed by atoms with Crippen molar-refractivity contribution in [1.29, 1.82) is 0 Å². The Morgan fingerprint density at radius 3 is 2.52 bits per heavy atom. The zero-order chi connectivity index (χ0) is 21.6. The van der Waals surface area contributed by atoms with E-state index in [1.165, 1.54) is 0 Å². The third kappa shape index (κ3) is 4.72. The molecule has 2 N–H and O–H groups in total. The average Bonchev–Trinajstić information content (AvgIpc) is 3.31. The van der Waals surface area contributed by atoms with Crippen LogP contribution in [0.5, 0.6) is 5.75 Å². The summed E-state index contributed by atoms with van der Waals surface area (Å²) in [6.45, 7) is 0. The van der Waals surface area contributed by atoms with E-state index in [2.05, 4.69) is 15.8 Å². The SMILES string of the molecule is COc1cccc(NC(=O)c2ccccc2NC(=O)C2=NOC(c3ccccc3)C2)c1. The molecule has 0 saturated heterocycles. The van der Waals surface area contributed by atoms with Gasteiger partial charge in [-0.15, -0.1) is 0 Å². The summed E-state index contributed by atoms with van der Waals surface area (Å²) >= 11 is 0. The van der Waals surface area contributed by atoms with Crippen LogP contribution in [0, 0.1) is 0 Å². The minimum atomic E-state index is -0.403. The second kappa shape index (κ2) is 9.13. The number of hydrogen-bond acceptors (Lipinski definition) is 5. The second-order valence-electron chi connectivity index (χ2n) is 6.93. The molecule has 3 aromatic carbocycles. The lowest BCUT2D eigenvalue weighted by Gasteiger charge is -2.12. The number of rotatable bonds is 6. The summed E-state index contributed by atoms with van der Waals surface area (Å²) in [5, 5.41) is 9.54. The molecule has 1 aliphatic heterocycles. The zero-order valence-electron chi connectivity index (χ0n) is 16.9. The number of oxime groups is 1. The predicted octanol–water partition coefficient (Wildman–Crippen LogP) is 4.40. The van der Waals surface area contributed by atoms with Crippen molar-refractivity contribution in [1.82, 2.24) is 0 Å². The zero-order valence-corrected chi connectivity index (χ0v) is 16.9. The summed E-state index contributed by atoms with van der Waals surface area (Å²) in [5.41, 5.74) is 2.53. The van der Waals surface area contributed by atoms with Gasteiger partial charge in [0.05, 0.1) is 18.4 Å². The Morgan fingerprint density at radius 2 is 1.71 bits per heavy atom. The van der Waals surface area contributed by atoms with Crippen LogP contribution in [0.2, 0.25) is 0 Å². The number of hydrogen-bond donors (Lipinski definition) is 2. The molecule has 0 saturated carbocycles. The van der Waals surface area contributed by atoms with E-state index in [1.807, 2.05) is 30.3 Å². The van der Waals surface area contributed by atoms with E-state index in [-0.39, 0.29) is 17.7 Å². The number of amides is 2. The van der Waals surface area contributed by atoms with Crippen LogP contribution in [0.3, 0.4) is 0 Å². The van der Waals surface area contributed by atoms with Crippen LogP contribution in [-0.2, 0) is 9.63 Å². The van der Waals surface area contributed by atoms with Gasteiger partial charge in [0.2, 0.25) is 0 Å². The van der Waals surface area contributed by atoms with Crippen LogP contribution in [-0.4, -0.2) is 24.6 Å². The standard InChI is InChI=1S/C24H21N3O4/c1-30-18-11-7-10-17(14-18)25-23(28)19-12-5-6-13-20(19)26-24(29)21-15-22(31-27-21)16-8-3-2-4-9-16/h2-14,22H,15H2,1H3,(H,25,28)(H,26,29). The molecular weight excluding hydrogens is 394 g/mol. The molecule has 0 spiro atoms. The number of carbonyl (C=O) groups excluding carboxylic acids is 2. The molecule has 0 bridgehead atoms. The lowest BCUT2D eigenvalue weighted by atomic mass is 10.0. The molecule has 1 heterocycles. The highest BCUT2D eigenvalue weighted by molar-refractivity contribution is 6.43. The van der Waals surface area contributed by atoms with Crippen molar-refractivity contribution in [2.24, 2.45) is 5.16 Å². The fourth-order valence-electron chi connectivity index (χ4n) is 3.24. The molecule has 0 radical (unpaired) electrons. The highest BCUT2D eigenvalue weighted by Gasteiger charge is 2.28. The fourth-order valence-corrected chi connectivity index (χ4v) is 3.24. The first-order chi connectivity index (χ1) is 15.1. The Hall–Kier alpha value is -4.13. The minimum Gasteiger partial charge on any atom is -0.497 e. The molecule has 2 amide bonds. The largest absolute Gasteiger partial charge is 0.497 e. The Bertz CT molecular complexity index is 1130. The van der Waals surface area contributed by atoms with Crippen LogP contribution in [0.25, 0.3) is 0 Å². The molecule has 0 aromatic heterocycles. The second-order valence-corrected chi connectivity index (χ2v) is 6.93. The molecule has 31 heavy (non-hydrogen) atoms. The van der Waals surface area contributed by atoms with Crippen molar-refractivity contribution in [3.05, 3.63) is 90.0 Å². The molecular formula is C24H21N3O4. The molecule has 7 nitrogen and oxygen atoms in total. The Morgan fingerprint density at radius 1 is 0.935 bits per heavy atom. The number of nitrogens with one attached hydrogen (secondary N) is 2. The summed E-state index contributed by atoms with van der Waals surface area (Å²) in [6, 6.07) is 23.4. The van der Waals surface area contributed by atoms with Gasteiger partial charge in [-0.1, -0.05) is 53.7 Å². The first-order valence-electron chi connectivity index (χ1n) is 9.77. The van der Waals surface area contributed by atoms with Crippen molar-refractivity contribution in [3.63, 3.8) is 0 Å². The van der Waals surface area contributed by atoms with E-state index in [1.54, 1.807) is 55.6 Å². The Labute approximate surface area is 179 Å². The molecule has 4 rings (SSSR count). The third-order valence-corrected chi connectivity index (χ3v) is 4.85. The quantitative estimate of drug-likeness (QED) is 0.624. The molecule has 1 aliphatic rings. The molecule has 7 heteroatoms. The van der Waals surface area contributed by atoms with Gasteiger partial charge < -0.3 is 20.2 Å². The maximum Gasteiger partial charge on any atom is 0.273 e. The van der Waals surface area contributed by atoms with Crippen molar-refractivity contribution in [2.75, 3.05) is 17.7 Å². The summed E-state index contributed by atoms with van der Waals surface area (Å²) in [6.07, 6.45) is 0.0575. The van der Waals surface area contributed by atoms with Gasteiger partial charge in [0.25, 0.3) is 11.8 Å². The van der Waals surface area contributed by atoms with Crippen LogP contribution < -0.4 is 15.4 Å². The highest BCUT2D eigenvalue weighted by atomic mass is 16.6. The highest BCUT2D eigenvalue weighted by Crippen LogP contribution is 2.28. The fraction of sp³-hybridized carbons (Fsp3) is 0.125. The smallest absolute Gasteiger partial charge is 0.273 e. The van der Waals surface area contributed by atoms with E-state index in [4.69, 9.17) is 9.57 Å². The average molecular weight is 415 g/mol. The number of benzene rings is 3. The monoisotopic (exact) mass is 415 g/mol. The number of methoxy groups -OCH3 is 1. The van der Waals surface area contributed by atoms with Crippen molar-refractivity contribution >= 4 is 28.9 Å². The lowest BCUT2D eigenvalue weighted by molar-refractivity contribution is -0.110. The molecule has 0 fully saturated rings. The summed E-state index contributed by atoms with van der Waals surface area (Å²) < 4.78 is 5.18. The van der Waals surface area contributed by atoms with Gasteiger partial charge in [0.15, 0.2) is 6.10 Å². The number of anilines is 2. The molecule has 1 unspecified atom stereocenters. The summed E-state index contributed by atoms with van der Waals surface area (Å²) in [7, 11) is 1.56. The van der Waals surface area contributed by atoms with E-state index in [0.29, 0.717) is 29.1 Å². The normalized spacial score (nSPS) is 14.9. The van der Waals surface area contributed by atoms with Crippen molar-refractivity contribution < 1.29 is 19.2 Å². The van der Waals surface area contributed by atoms with Crippen LogP contribution in [0.1, 0.15) is 28.4 Å². The topological polar surface area (TPSA) is 89.0 Å². The van der Waals surface area contributed by atoms with Gasteiger partial charge in [-0.05, 0) is 29.8 Å². The number of ether oxygens (including phenoxy) is 1. The summed E-state index contributed by atoms with van der Waals surface area (Å²) in [4.78, 5) is 31.0. The lowest BCUT2D eigenvalue weighted by Crippen LogP contribution is -2.24. The van der Waals surface area contributed by atoms with Gasteiger partial charge in [0.1, 0.15) is 11.5 Å². The summed E-state index contributed by atoms with van der Waals surface area (Å²) in [5.74, 6) is -0.123. The third-order valence-electron chi connectivity index (χ3n) is 4.85. The molecule has 1 atom stereocenters. The van der Waals surface area contributed by atoms with E-state index in [0.717, 1.165) is 5.56 Å². The maximum absolute atomic E-state index is 12.8. The Kier molecular flexibility index (Phi) is 5.93. The first-order valence-corrected chi connectivity index (χ1v) is 9.77. The number of carbonyl (C=O) groups is 2. The molecule has 0 aliphatic carbocycles. The van der Waals surface area contributed by atoms with Crippen LogP contribution >= 0.6 is 0 Å². The van der Waals surface area contributed by atoms with Crippen molar-refractivity contribution in [3.8, 4) is 5.75 Å².